The maximum absolute atomic E-state index is 12.0. The van der Waals surface area contributed by atoms with Crippen molar-refractivity contribution < 1.29 is 14.3 Å². The molecule has 7 heteroatoms. The van der Waals surface area contributed by atoms with Gasteiger partial charge in [-0.05, 0) is 36.4 Å². The minimum Gasteiger partial charge on any atom is -0.495 e. The summed E-state index contributed by atoms with van der Waals surface area (Å²) in [5.41, 5.74) is 0.927. The van der Waals surface area contributed by atoms with Gasteiger partial charge in [0.25, 0.3) is 0 Å². The highest BCUT2D eigenvalue weighted by atomic mass is 35.5. The van der Waals surface area contributed by atoms with E-state index in [1.807, 2.05) is 0 Å². The molecule has 0 aliphatic rings. The molecule has 0 radical (unpaired) electrons. The molecule has 0 heterocycles. The second-order valence-corrected chi connectivity index (χ2v) is 5.50. The van der Waals surface area contributed by atoms with E-state index in [0.717, 1.165) is 0 Å². The van der Waals surface area contributed by atoms with Crippen LogP contribution in [0.5, 0.6) is 5.75 Å². The van der Waals surface area contributed by atoms with Gasteiger partial charge in [0.05, 0.1) is 12.8 Å². The van der Waals surface area contributed by atoms with Gasteiger partial charge in [-0.25, -0.2) is 0 Å². The van der Waals surface area contributed by atoms with Crippen molar-refractivity contribution in [2.45, 2.75) is 6.42 Å². The highest BCUT2D eigenvalue weighted by molar-refractivity contribution is 6.31. The number of nitrogens with one attached hydrogen (secondary N) is 2. The van der Waals surface area contributed by atoms with Crippen LogP contribution in [-0.2, 0) is 9.59 Å². The van der Waals surface area contributed by atoms with E-state index in [9.17, 15) is 9.59 Å². The van der Waals surface area contributed by atoms with Crippen LogP contribution in [0.2, 0.25) is 10.0 Å². The minimum atomic E-state index is -0.481. The van der Waals surface area contributed by atoms with Crippen LogP contribution in [-0.4, -0.2) is 18.9 Å². The molecule has 5 nitrogen and oxygen atoms in total. The van der Waals surface area contributed by atoms with Gasteiger partial charge in [0, 0.05) is 15.7 Å². The van der Waals surface area contributed by atoms with E-state index in [4.69, 9.17) is 27.9 Å². The Morgan fingerprint density at radius 3 is 2.39 bits per heavy atom. The molecule has 0 aromatic heterocycles. The molecule has 0 unspecified atom stereocenters. The van der Waals surface area contributed by atoms with Crippen molar-refractivity contribution in [1.29, 1.82) is 0 Å². The zero-order valence-electron chi connectivity index (χ0n) is 12.2. The van der Waals surface area contributed by atoms with Crippen LogP contribution in [0.15, 0.2) is 42.5 Å². The van der Waals surface area contributed by atoms with Crippen LogP contribution in [0.25, 0.3) is 0 Å². The van der Waals surface area contributed by atoms with E-state index in [1.165, 1.54) is 7.11 Å². The van der Waals surface area contributed by atoms with Gasteiger partial charge in [0.1, 0.15) is 12.2 Å². The fraction of sp³-hybridized carbons (Fsp3) is 0.125. The summed E-state index contributed by atoms with van der Waals surface area (Å²) in [5, 5.41) is 6.14. The molecular formula is C16H14Cl2N2O3. The Labute approximate surface area is 143 Å². The van der Waals surface area contributed by atoms with Crippen molar-refractivity contribution in [3.8, 4) is 5.75 Å². The average molecular weight is 353 g/mol. The van der Waals surface area contributed by atoms with Crippen LogP contribution < -0.4 is 15.4 Å². The van der Waals surface area contributed by atoms with Crippen molar-refractivity contribution in [3.63, 3.8) is 0 Å². The average Bonchev–Trinajstić information content (AvgIpc) is 2.47. The summed E-state index contributed by atoms with van der Waals surface area (Å²) in [7, 11) is 1.48. The Balaban J connectivity index is 1.97. The first kappa shape index (κ1) is 17.1. The molecule has 2 aromatic rings. The Morgan fingerprint density at radius 2 is 1.70 bits per heavy atom. The molecule has 2 aromatic carbocycles. The van der Waals surface area contributed by atoms with Gasteiger partial charge in [0.2, 0.25) is 11.8 Å². The second-order valence-electron chi connectivity index (χ2n) is 4.63. The van der Waals surface area contributed by atoms with Gasteiger partial charge < -0.3 is 15.4 Å². The first-order valence-electron chi connectivity index (χ1n) is 6.67. The Morgan fingerprint density at radius 1 is 1.00 bits per heavy atom. The zero-order chi connectivity index (χ0) is 16.8. The summed E-state index contributed by atoms with van der Waals surface area (Å²) in [6.07, 6.45) is -0.345. The van der Waals surface area contributed by atoms with E-state index >= 15 is 0 Å². The van der Waals surface area contributed by atoms with Crippen LogP contribution in [0, 0.1) is 0 Å². The predicted molar refractivity (Wildman–Crippen MR) is 91.3 cm³/mol. The molecule has 2 amide bonds. The Hall–Kier alpha value is -2.24. The molecule has 0 bridgehead atoms. The van der Waals surface area contributed by atoms with E-state index in [0.29, 0.717) is 27.2 Å². The largest absolute Gasteiger partial charge is 0.495 e. The summed E-state index contributed by atoms with van der Waals surface area (Å²) in [4.78, 5) is 23.8. The highest BCUT2D eigenvalue weighted by Gasteiger charge is 2.13. The molecule has 0 spiro atoms. The van der Waals surface area contributed by atoms with Gasteiger partial charge in [-0.3, -0.25) is 9.59 Å². The van der Waals surface area contributed by atoms with Gasteiger partial charge in [-0.1, -0.05) is 29.3 Å². The summed E-state index contributed by atoms with van der Waals surface area (Å²) >= 11 is 11.7. The number of ether oxygens (including phenoxy) is 1. The zero-order valence-corrected chi connectivity index (χ0v) is 13.7. The number of amides is 2. The lowest BCUT2D eigenvalue weighted by molar-refractivity contribution is -0.123. The molecule has 0 atom stereocenters. The number of halogens is 2. The maximum Gasteiger partial charge on any atom is 0.233 e. The first-order valence-corrected chi connectivity index (χ1v) is 7.42. The number of methoxy groups -OCH3 is 1. The lowest BCUT2D eigenvalue weighted by Crippen LogP contribution is -2.21. The maximum atomic E-state index is 12.0. The highest BCUT2D eigenvalue weighted by Crippen LogP contribution is 2.27. The SMILES string of the molecule is COc1ccc(Cl)cc1NC(=O)CC(=O)Nc1cccc(Cl)c1. The predicted octanol–water partition coefficient (Wildman–Crippen LogP) is 3.97. The number of carbonyl (C=O) groups is 2. The third-order valence-corrected chi connectivity index (χ3v) is 3.34. The van der Waals surface area contributed by atoms with Crippen molar-refractivity contribution >= 4 is 46.4 Å². The number of carbonyl (C=O) groups excluding carboxylic acids is 2. The van der Waals surface area contributed by atoms with Gasteiger partial charge in [-0.2, -0.15) is 0 Å². The molecule has 2 N–H and O–H groups in total. The summed E-state index contributed by atoms with van der Waals surface area (Å²) < 4.78 is 5.13. The molecule has 120 valence electrons. The van der Waals surface area contributed by atoms with Crippen LogP contribution >= 0.6 is 23.2 Å². The molecular weight excluding hydrogens is 339 g/mol. The number of hydrogen-bond acceptors (Lipinski definition) is 3. The topological polar surface area (TPSA) is 67.4 Å². The normalized spacial score (nSPS) is 10.0. The van der Waals surface area contributed by atoms with Crippen molar-refractivity contribution in [2.24, 2.45) is 0 Å². The monoisotopic (exact) mass is 352 g/mol. The molecule has 0 aliphatic carbocycles. The number of anilines is 2. The minimum absolute atomic E-state index is 0.345. The molecule has 0 aliphatic heterocycles. The van der Waals surface area contributed by atoms with Crippen LogP contribution in [0.3, 0.4) is 0 Å². The van der Waals surface area contributed by atoms with Crippen molar-refractivity contribution in [3.05, 3.63) is 52.5 Å². The lowest BCUT2D eigenvalue weighted by atomic mass is 10.2. The molecule has 0 fully saturated rings. The standard InChI is InChI=1S/C16H14Cl2N2O3/c1-23-14-6-5-11(18)8-13(14)20-16(22)9-15(21)19-12-4-2-3-10(17)7-12/h2-8H,9H2,1H3,(H,19,21)(H,20,22). The van der Waals surface area contributed by atoms with Crippen LogP contribution in [0.1, 0.15) is 6.42 Å². The molecule has 0 saturated carbocycles. The van der Waals surface area contributed by atoms with E-state index in [1.54, 1.807) is 42.5 Å². The quantitative estimate of drug-likeness (QED) is 0.800. The fourth-order valence-corrected chi connectivity index (χ4v) is 2.25. The van der Waals surface area contributed by atoms with Crippen molar-refractivity contribution in [2.75, 3.05) is 17.7 Å². The summed E-state index contributed by atoms with van der Waals surface area (Å²) in [6, 6.07) is 11.5. The molecule has 2 rings (SSSR count). The third-order valence-electron chi connectivity index (χ3n) is 2.87. The molecule has 0 saturated heterocycles. The van der Waals surface area contributed by atoms with E-state index in [-0.39, 0.29) is 6.42 Å². The first-order chi connectivity index (χ1) is 11.0. The smallest absolute Gasteiger partial charge is 0.233 e. The third kappa shape index (κ3) is 5.16. The molecule has 23 heavy (non-hydrogen) atoms. The van der Waals surface area contributed by atoms with Gasteiger partial charge in [-0.15, -0.1) is 0 Å². The van der Waals surface area contributed by atoms with Crippen LogP contribution in [0.4, 0.5) is 11.4 Å². The van der Waals surface area contributed by atoms with E-state index in [2.05, 4.69) is 10.6 Å². The van der Waals surface area contributed by atoms with Crippen molar-refractivity contribution in [1.82, 2.24) is 0 Å². The number of benzene rings is 2. The lowest BCUT2D eigenvalue weighted by Gasteiger charge is -2.10. The Kier molecular flexibility index (Phi) is 5.84. The number of rotatable bonds is 5. The second kappa shape index (κ2) is 7.85. The van der Waals surface area contributed by atoms with E-state index < -0.39 is 11.8 Å². The van der Waals surface area contributed by atoms with Gasteiger partial charge in [0.15, 0.2) is 0 Å². The number of hydrogen-bond donors (Lipinski definition) is 2. The summed E-state index contributed by atoms with van der Waals surface area (Å²) in [6.45, 7) is 0. The van der Waals surface area contributed by atoms with Gasteiger partial charge >= 0.3 is 0 Å². The fourth-order valence-electron chi connectivity index (χ4n) is 1.89. The Bertz CT molecular complexity index is 735. The summed E-state index contributed by atoms with van der Waals surface area (Å²) in [5.74, 6) is -0.478.